The van der Waals surface area contributed by atoms with Gasteiger partial charge in [-0.25, -0.2) is 4.39 Å². The molecule has 5 nitrogen and oxygen atoms in total. The number of hydrogen-bond acceptors (Lipinski definition) is 3. The number of amides is 2. The van der Waals surface area contributed by atoms with E-state index >= 15 is 0 Å². The van der Waals surface area contributed by atoms with E-state index in [1.165, 1.54) is 6.07 Å². The lowest BCUT2D eigenvalue weighted by molar-refractivity contribution is 0.0533. The predicted octanol–water partition coefficient (Wildman–Crippen LogP) is 4.36. The lowest BCUT2D eigenvalue weighted by Crippen LogP contribution is -2.41. The lowest BCUT2D eigenvalue weighted by Gasteiger charge is -2.29. The molecule has 2 aromatic carbocycles. The van der Waals surface area contributed by atoms with Crippen LogP contribution in [0.25, 0.3) is 0 Å². The van der Waals surface area contributed by atoms with Gasteiger partial charge in [0.15, 0.2) is 0 Å². The van der Waals surface area contributed by atoms with Crippen LogP contribution < -0.4 is 5.32 Å². The minimum atomic E-state index is -0.764. The third-order valence-corrected chi connectivity index (χ3v) is 5.53. The summed E-state index contributed by atoms with van der Waals surface area (Å²) in [5.74, 6) is -1.70. The quantitative estimate of drug-likeness (QED) is 0.700. The zero-order chi connectivity index (χ0) is 20.6. The Labute approximate surface area is 172 Å². The molecule has 1 unspecified atom stereocenters. The van der Waals surface area contributed by atoms with Gasteiger partial charge in [-0.15, -0.1) is 0 Å². The van der Waals surface area contributed by atoms with Crippen LogP contribution in [0.3, 0.4) is 0 Å². The van der Waals surface area contributed by atoms with Crippen LogP contribution in [0, 0.1) is 11.7 Å². The fraction of sp³-hybridized carbons (Fsp3) is 0.300. The smallest absolute Gasteiger partial charge is 0.258 e. The first-order chi connectivity index (χ1) is 13.3. The van der Waals surface area contributed by atoms with Crippen molar-refractivity contribution < 1.29 is 19.1 Å². The zero-order valence-corrected chi connectivity index (χ0v) is 16.8. The van der Waals surface area contributed by atoms with Crippen LogP contribution in [0.2, 0.25) is 10.0 Å². The van der Waals surface area contributed by atoms with Crippen LogP contribution in [-0.4, -0.2) is 34.5 Å². The van der Waals surface area contributed by atoms with Gasteiger partial charge in [0.1, 0.15) is 5.82 Å². The number of nitrogens with one attached hydrogen (secondary N) is 1. The van der Waals surface area contributed by atoms with Crippen molar-refractivity contribution in [2.75, 3.05) is 11.9 Å². The van der Waals surface area contributed by atoms with E-state index in [0.717, 1.165) is 11.6 Å². The van der Waals surface area contributed by atoms with Crippen molar-refractivity contribution >= 4 is 40.7 Å². The summed E-state index contributed by atoms with van der Waals surface area (Å²) in [6.07, 6.45) is 0. The number of nitrogens with zero attached hydrogens (tertiary/aromatic N) is 1. The summed E-state index contributed by atoms with van der Waals surface area (Å²) in [4.78, 5) is 27.3. The maximum atomic E-state index is 13.7. The second kappa shape index (κ2) is 8.07. The second-order valence-electron chi connectivity index (χ2n) is 6.94. The molecule has 1 atom stereocenters. The molecule has 2 N–H and O–H groups in total. The van der Waals surface area contributed by atoms with Gasteiger partial charge < -0.3 is 15.3 Å². The molecule has 148 valence electrons. The first-order valence-electron chi connectivity index (χ1n) is 8.74. The highest BCUT2D eigenvalue weighted by Crippen LogP contribution is 2.33. The van der Waals surface area contributed by atoms with E-state index in [4.69, 9.17) is 23.2 Å². The van der Waals surface area contributed by atoms with Crippen molar-refractivity contribution in [2.24, 2.45) is 5.92 Å². The molecule has 0 spiro atoms. The van der Waals surface area contributed by atoms with Crippen molar-refractivity contribution in [1.29, 1.82) is 0 Å². The third-order valence-electron chi connectivity index (χ3n) is 4.84. The Hall–Kier alpha value is -2.15. The van der Waals surface area contributed by atoms with Gasteiger partial charge in [0.2, 0.25) is 0 Å². The molecule has 0 fully saturated rings. The average Bonchev–Trinajstić information content (AvgIpc) is 2.96. The molecule has 0 saturated heterocycles. The van der Waals surface area contributed by atoms with Gasteiger partial charge >= 0.3 is 0 Å². The van der Waals surface area contributed by atoms with E-state index in [1.807, 2.05) is 13.8 Å². The molecule has 28 heavy (non-hydrogen) atoms. The summed E-state index contributed by atoms with van der Waals surface area (Å²) in [6, 6.07) is 7.07. The SMILES string of the molecule is CC(C)C(CO)N1Cc2cccc(NC(=O)c3c(Cl)ccc(F)c3Cl)c2C1=O. The van der Waals surface area contributed by atoms with Crippen LogP contribution in [0.1, 0.15) is 40.1 Å². The highest BCUT2D eigenvalue weighted by Gasteiger charge is 2.36. The average molecular weight is 425 g/mol. The fourth-order valence-corrected chi connectivity index (χ4v) is 3.89. The van der Waals surface area contributed by atoms with Gasteiger partial charge in [-0.05, 0) is 29.7 Å². The Bertz CT molecular complexity index is 949. The van der Waals surface area contributed by atoms with E-state index in [9.17, 15) is 19.1 Å². The van der Waals surface area contributed by atoms with Crippen molar-refractivity contribution in [3.05, 3.63) is 62.9 Å². The number of anilines is 1. The molecule has 0 saturated carbocycles. The van der Waals surface area contributed by atoms with Crippen LogP contribution >= 0.6 is 23.2 Å². The molecule has 3 rings (SSSR count). The second-order valence-corrected chi connectivity index (χ2v) is 7.72. The van der Waals surface area contributed by atoms with Crippen LogP contribution in [-0.2, 0) is 6.54 Å². The Balaban J connectivity index is 1.94. The van der Waals surface area contributed by atoms with Crippen molar-refractivity contribution in [2.45, 2.75) is 26.4 Å². The van der Waals surface area contributed by atoms with Gasteiger partial charge in [0.05, 0.1) is 39.5 Å². The van der Waals surface area contributed by atoms with Gasteiger partial charge in [-0.1, -0.05) is 49.2 Å². The number of fused-ring (bicyclic) bond motifs is 1. The van der Waals surface area contributed by atoms with E-state index in [2.05, 4.69) is 5.32 Å². The van der Waals surface area contributed by atoms with E-state index in [-0.39, 0.29) is 45.8 Å². The monoisotopic (exact) mass is 424 g/mol. The molecule has 1 heterocycles. The molecule has 0 bridgehead atoms. The largest absolute Gasteiger partial charge is 0.394 e. The number of aliphatic hydroxyl groups is 1. The normalized spacial score (nSPS) is 14.4. The number of carbonyl (C=O) groups is 2. The minimum Gasteiger partial charge on any atom is -0.394 e. The summed E-state index contributed by atoms with van der Waals surface area (Å²) in [7, 11) is 0. The van der Waals surface area contributed by atoms with E-state index < -0.39 is 11.7 Å². The molecule has 8 heteroatoms. The van der Waals surface area contributed by atoms with Gasteiger partial charge in [-0.3, -0.25) is 9.59 Å². The lowest BCUT2D eigenvalue weighted by atomic mass is 10.0. The highest BCUT2D eigenvalue weighted by atomic mass is 35.5. The van der Waals surface area contributed by atoms with Gasteiger partial charge in [-0.2, -0.15) is 0 Å². The number of benzene rings is 2. The predicted molar refractivity (Wildman–Crippen MR) is 106 cm³/mol. The molecule has 2 amide bonds. The molecular weight excluding hydrogens is 406 g/mol. The number of hydrogen-bond donors (Lipinski definition) is 2. The highest BCUT2D eigenvalue weighted by molar-refractivity contribution is 6.40. The van der Waals surface area contributed by atoms with Gasteiger partial charge in [0, 0.05) is 6.54 Å². The van der Waals surface area contributed by atoms with Crippen LogP contribution in [0.15, 0.2) is 30.3 Å². The summed E-state index contributed by atoms with van der Waals surface area (Å²) in [5.41, 5.74) is 1.17. The Morgan fingerprint density at radius 3 is 2.64 bits per heavy atom. The maximum absolute atomic E-state index is 13.7. The topological polar surface area (TPSA) is 69.6 Å². The Morgan fingerprint density at radius 2 is 2.00 bits per heavy atom. The van der Waals surface area contributed by atoms with Crippen molar-refractivity contribution in [3.63, 3.8) is 0 Å². The summed E-state index contributed by atoms with van der Waals surface area (Å²) in [5, 5.41) is 11.9. The Morgan fingerprint density at radius 1 is 1.29 bits per heavy atom. The molecule has 0 aromatic heterocycles. The third kappa shape index (κ3) is 3.60. The first-order valence-corrected chi connectivity index (χ1v) is 9.50. The fourth-order valence-electron chi connectivity index (χ4n) is 3.34. The van der Waals surface area contributed by atoms with Crippen molar-refractivity contribution in [3.8, 4) is 0 Å². The van der Waals surface area contributed by atoms with E-state index in [0.29, 0.717) is 12.1 Å². The minimum absolute atomic E-state index is 0.00424. The number of halogens is 3. The zero-order valence-electron chi connectivity index (χ0n) is 15.3. The maximum Gasteiger partial charge on any atom is 0.258 e. The Kier molecular flexibility index (Phi) is 5.93. The summed E-state index contributed by atoms with van der Waals surface area (Å²) >= 11 is 11.9. The molecule has 1 aliphatic rings. The van der Waals surface area contributed by atoms with Crippen molar-refractivity contribution in [1.82, 2.24) is 4.90 Å². The molecule has 1 aliphatic heterocycles. The van der Waals surface area contributed by atoms with Gasteiger partial charge in [0.25, 0.3) is 11.8 Å². The molecular formula is C20H19Cl2FN2O3. The number of rotatable bonds is 5. The summed E-state index contributed by atoms with van der Waals surface area (Å²) in [6.45, 7) is 4.03. The standard InChI is InChI=1S/C20H19Cl2FN2O3/c1-10(2)15(9-26)25-8-11-4-3-5-14(16(11)20(25)28)24-19(27)17-12(21)6-7-13(23)18(17)22/h3-7,10,15,26H,8-9H2,1-2H3,(H,24,27). The first kappa shape index (κ1) is 20.6. The summed E-state index contributed by atoms with van der Waals surface area (Å²) < 4.78 is 13.7. The number of carbonyl (C=O) groups excluding carboxylic acids is 2. The molecule has 2 aromatic rings. The number of aliphatic hydroxyl groups excluding tert-OH is 1. The molecule has 0 radical (unpaired) electrons. The van der Waals surface area contributed by atoms with Crippen LogP contribution in [0.4, 0.5) is 10.1 Å². The molecule has 0 aliphatic carbocycles. The van der Waals surface area contributed by atoms with Crippen LogP contribution in [0.5, 0.6) is 0 Å². The van der Waals surface area contributed by atoms with E-state index in [1.54, 1.807) is 23.1 Å².